The quantitative estimate of drug-likeness (QED) is 0.789. The van der Waals surface area contributed by atoms with Crippen LogP contribution in [0, 0.1) is 0 Å². The fourth-order valence-corrected chi connectivity index (χ4v) is 2.94. The molecule has 0 amide bonds. The van der Waals surface area contributed by atoms with Crippen molar-refractivity contribution < 1.29 is 0 Å². The highest BCUT2D eigenvalue weighted by atomic mass is 32.1. The summed E-state index contributed by atoms with van der Waals surface area (Å²) in [6.07, 6.45) is 6.02. The second kappa shape index (κ2) is 3.76. The molecule has 3 heteroatoms. The Morgan fingerprint density at radius 2 is 2.23 bits per heavy atom. The topological polar surface area (TPSA) is 38.9 Å². The molecule has 72 valence electrons. The molecule has 0 saturated carbocycles. The molecule has 1 aliphatic rings. The molecule has 1 aromatic rings. The molecule has 0 bridgehead atoms. The van der Waals surface area contributed by atoms with E-state index in [0.717, 1.165) is 11.4 Å². The fourth-order valence-electron chi connectivity index (χ4n) is 1.71. The van der Waals surface area contributed by atoms with Crippen LogP contribution in [0.3, 0.4) is 0 Å². The lowest BCUT2D eigenvalue weighted by Gasteiger charge is -2.06. The van der Waals surface area contributed by atoms with Gasteiger partial charge in [-0.3, -0.25) is 0 Å². The van der Waals surface area contributed by atoms with Crippen molar-refractivity contribution in [2.45, 2.75) is 45.1 Å². The molecule has 2 N–H and O–H groups in total. The number of aryl methyl sites for hydroxylation is 2. The molecule has 1 atom stereocenters. The maximum atomic E-state index is 5.95. The van der Waals surface area contributed by atoms with Gasteiger partial charge in [-0.25, -0.2) is 4.98 Å². The van der Waals surface area contributed by atoms with Crippen LogP contribution >= 0.6 is 11.3 Å². The Morgan fingerprint density at radius 3 is 2.92 bits per heavy atom. The molecule has 1 heterocycles. The van der Waals surface area contributed by atoms with Crippen LogP contribution in [0.1, 0.15) is 47.8 Å². The second-order valence-corrected chi connectivity index (χ2v) is 4.76. The molecule has 0 aromatic carbocycles. The van der Waals surface area contributed by atoms with Crippen molar-refractivity contribution in [1.82, 2.24) is 4.98 Å². The van der Waals surface area contributed by atoms with Gasteiger partial charge in [-0.05, 0) is 32.1 Å². The molecular weight excluding hydrogens is 180 g/mol. The number of fused-ring (bicyclic) bond motifs is 1. The van der Waals surface area contributed by atoms with Gasteiger partial charge in [0.15, 0.2) is 0 Å². The van der Waals surface area contributed by atoms with Crippen LogP contribution in [-0.4, -0.2) is 4.98 Å². The Labute approximate surface area is 83.2 Å². The maximum Gasteiger partial charge on any atom is 0.110 e. The van der Waals surface area contributed by atoms with Gasteiger partial charge >= 0.3 is 0 Å². The van der Waals surface area contributed by atoms with Crippen LogP contribution in [0.15, 0.2) is 0 Å². The minimum absolute atomic E-state index is 0.163. The van der Waals surface area contributed by atoms with Gasteiger partial charge in [-0.15, -0.1) is 11.3 Å². The van der Waals surface area contributed by atoms with Gasteiger partial charge in [0.2, 0.25) is 0 Å². The highest BCUT2D eigenvalue weighted by Crippen LogP contribution is 2.29. The van der Waals surface area contributed by atoms with Crippen LogP contribution in [0.4, 0.5) is 0 Å². The lowest BCUT2D eigenvalue weighted by atomic mass is 10.0. The Hall–Kier alpha value is -0.410. The molecule has 1 aromatic heterocycles. The smallest absolute Gasteiger partial charge is 0.110 e. The van der Waals surface area contributed by atoms with E-state index >= 15 is 0 Å². The molecular formula is C10H16N2S. The Balaban J connectivity index is 2.25. The van der Waals surface area contributed by atoms with Gasteiger partial charge in [-0.1, -0.05) is 6.92 Å². The second-order valence-electron chi connectivity index (χ2n) is 3.64. The van der Waals surface area contributed by atoms with Crippen LogP contribution < -0.4 is 5.73 Å². The van der Waals surface area contributed by atoms with E-state index in [1.165, 1.54) is 36.3 Å². The zero-order chi connectivity index (χ0) is 9.26. The van der Waals surface area contributed by atoms with Gasteiger partial charge in [0, 0.05) is 4.88 Å². The zero-order valence-corrected chi connectivity index (χ0v) is 8.86. The molecule has 0 fully saturated rings. The van der Waals surface area contributed by atoms with E-state index in [1.54, 1.807) is 0 Å². The number of aromatic nitrogens is 1. The third-order valence-electron chi connectivity index (χ3n) is 2.62. The lowest BCUT2D eigenvalue weighted by Crippen LogP contribution is -2.08. The summed E-state index contributed by atoms with van der Waals surface area (Å²) in [4.78, 5) is 6.11. The Bertz CT molecular complexity index is 270. The predicted octanol–water partition coefficient (Wildman–Crippen LogP) is 2.43. The Morgan fingerprint density at radius 1 is 1.46 bits per heavy atom. The van der Waals surface area contributed by atoms with E-state index in [1.807, 2.05) is 11.3 Å². The van der Waals surface area contributed by atoms with Gasteiger partial charge < -0.3 is 5.73 Å². The summed E-state index contributed by atoms with van der Waals surface area (Å²) in [5.41, 5.74) is 7.28. The molecule has 2 rings (SSSR count). The fraction of sp³-hybridized carbons (Fsp3) is 0.700. The molecule has 13 heavy (non-hydrogen) atoms. The summed E-state index contributed by atoms with van der Waals surface area (Å²) in [5.74, 6) is 0. The van der Waals surface area contributed by atoms with Crippen molar-refractivity contribution >= 4 is 11.3 Å². The first-order valence-electron chi connectivity index (χ1n) is 5.05. The number of rotatable bonds is 2. The Kier molecular flexibility index (Phi) is 2.65. The van der Waals surface area contributed by atoms with E-state index in [0.29, 0.717) is 0 Å². The average Bonchev–Trinajstić information content (AvgIpc) is 2.59. The third-order valence-corrected chi connectivity index (χ3v) is 3.91. The summed E-state index contributed by atoms with van der Waals surface area (Å²) in [7, 11) is 0. The summed E-state index contributed by atoms with van der Waals surface area (Å²) in [6, 6.07) is 0.163. The van der Waals surface area contributed by atoms with Gasteiger partial charge in [-0.2, -0.15) is 0 Å². The summed E-state index contributed by atoms with van der Waals surface area (Å²) < 4.78 is 0. The van der Waals surface area contributed by atoms with E-state index < -0.39 is 0 Å². The van der Waals surface area contributed by atoms with E-state index in [9.17, 15) is 0 Å². The molecule has 0 aliphatic heterocycles. The van der Waals surface area contributed by atoms with Crippen molar-refractivity contribution in [3.8, 4) is 0 Å². The maximum absolute atomic E-state index is 5.95. The van der Waals surface area contributed by atoms with Crippen LogP contribution in [0.5, 0.6) is 0 Å². The van der Waals surface area contributed by atoms with Gasteiger partial charge in [0.05, 0.1) is 11.7 Å². The molecule has 2 nitrogen and oxygen atoms in total. The zero-order valence-electron chi connectivity index (χ0n) is 8.05. The highest BCUT2D eigenvalue weighted by Gasteiger charge is 2.17. The highest BCUT2D eigenvalue weighted by molar-refractivity contribution is 7.11. The largest absolute Gasteiger partial charge is 0.322 e. The molecule has 0 unspecified atom stereocenters. The van der Waals surface area contributed by atoms with Gasteiger partial charge in [0.1, 0.15) is 5.01 Å². The van der Waals surface area contributed by atoms with Crippen molar-refractivity contribution in [1.29, 1.82) is 0 Å². The number of nitrogens with two attached hydrogens (primary N) is 1. The molecule has 1 aliphatic carbocycles. The van der Waals surface area contributed by atoms with Crippen molar-refractivity contribution in [2.75, 3.05) is 0 Å². The van der Waals surface area contributed by atoms with Crippen LogP contribution in [-0.2, 0) is 12.8 Å². The van der Waals surface area contributed by atoms with E-state index in [2.05, 4.69) is 11.9 Å². The van der Waals surface area contributed by atoms with E-state index in [-0.39, 0.29) is 6.04 Å². The van der Waals surface area contributed by atoms with E-state index in [4.69, 9.17) is 5.73 Å². The van der Waals surface area contributed by atoms with Crippen LogP contribution in [0.25, 0.3) is 0 Å². The van der Waals surface area contributed by atoms with Crippen molar-refractivity contribution in [2.24, 2.45) is 5.73 Å². The minimum atomic E-state index is 0.163. The first kappa shape index (κ1) is 9.16. The minimum Gasteiger partial charge on any atom is -0.322 e. The number of nitrogens with zero attached hydrogens (tertiary/aromatic N) is 1. The number of hydrogen-bond acceptors (Lipinski definition) is 3. The predicted molar refractivity (Wildman–Crippen MR) is 56.0 cm³/mol. The van der Waals surface area contributed by atoms with Crippen molar-refractivity contribution in [3.63, 3.8) is 0 Å². The van der Waals surface area contributed by atoms with Crippen LogP contribution in [0.2, 0.25) is 0 Å². The standard InChI is InChI=1S/C10H16N2S/c1-2-7(11)10-12-8-5-3-4-6-9(8)13-10/h7H,2-6,11H2,1H3/t7-/m1/s1. The van der Waals surface area contributed by atoms with Gasteiger partial charge in [0.25, 0.3) is 0 Å². The normalized spacial score (nSPS) is 18.3. The summed E-state index contributed by atoms with van der Waals surface area (Å²) >= 11 is 1.83. The first-order valence-corrected chi connectivity index (χ1v) is 5.87. The third kappa shape index (κ3) is 1.76. The first-order chi connectivity index (χ1) is 6.31. The average molecular weight is 196 g/mol. The molecule has 0 saturated heterocycles. The monoisotopic (exact) mass is 196 g/mol. The number of thiazole rings is 1. The lowest BCUT2D eigenvalue weighted by molar-refractivity contribution is 0.663. The summed E-state index contributed by atoms with van der Waals surface area (Å²) in [6.45, 7) is 2.12. The molecule has 0 radical (unpaired) electrons. The summed E-state index contributed by atoms with van der Waals surface area (Å²) in [5, 5.41) is 1.15. The number of hydrogen-bond donors (Lipinski definition) is 1. The van der Waals surface area contributed by atoms with Crippen molar-refractivity contribution in [3.05, 3.63) is 15.6 Å². The SMILES string of the molecule is CC[C@@H](N)c1nc2c(s1)CCCC2. The molecule has 0 spiro atoms.